The van der Waals surface area contributed by atoms with Crippen LogP contribution in [0.25, 0.3) is 0 Å². The summed E-state index contributed by atoms with van der Waals surface area (Å²) < 4.78 is 5.79. The quantitative estimate of drug-likeness (QED) is 0.920. The topological polar surface area (TPSA) is 24.5 Å². The smallest absolute Gasteiger partial charge is 0.121 e. The number of rotatable bonds is 4. The molecule has 2 rings (SSSR count). The van der Waals surface area contributed by atoms with Crippen molar-refractivity contribution in [3.63, 3.8) is 0 Å². The fourth-order valence-electron chi connectivity index (χ4n) is 2.24. The zero-order valence-electron chi connectivity index (χ0n) is 12.5. The zero-order valence-corrected chi connectivity index (χ0v) is 14.1. The van der Waals surface area contributed by atoms with E-state index in [2.05, 4.69) is 49.2 Å². The van der Waals surface area contributed by atoms with Crippen molar-refractivity contribution in [1.29, 1.82) is 0 Å². The summed E-state index contributed by atoms with van der Waals surface area (Å²) in [6.45, 7) is 10.5. The molecule has 1 unspecified atom stereocenters. The largest absolute Gasteiger partial charge is 0.493 e. The van der Waals surface area contributed by atoms with Gasteiger partial charge < -0.3 is 15.0 Å². The Hall–Kier alpha value is -0.640. The van der Waals surface area contributed by atoms with E-state index < -0.39 is 0 Å². The second-order valence-corrected chi connectivity index (χ2v) is 5.45. The first kappa shape index (κ1) is 19.4. The van der Waals surface area contributed by atoms with Crippen LogP contribution in [0.2, 0.25) is 0 Å². The number of halogens is 2. The summed E-state index contributed by atoms with van der Waals surface area (Å²) in [5, 5.41) is 3.42. The van der Waals surface area contributed by atoms with Crippen molar-refractivity contribution in [3.8, 4) is 5.75 Å². The molecule has 116 valence electrons. The minimum atomic E-state index is 0. The Balaban J connectivity index is 0.00000180. The fourth-order valence-corrected chi connectivity index (χ4v) is 2.24. The highest BCUT2D eigenvalue weighted by molar-refractivity contribution is 5.85. The van der Waals surface area contributed by atoms with Crippen LogP contribution in [0.1, 0.15) is 20.8 Å². The summed E-state index contributed by atoms with van der Waals surface area (Å²) in [7, 11) is 0. The van der Waals surface area contributed by atoms with Gasteiger partial charge >= 0.3 is 0 Å². The molecule has 3 nitrogen and oxygen atoms in total. The third kappa shape index (κ3) is 5.39. The van der Waals surface area contributed by atoms with E-state index in [0.717, 1.165) is 32.0 Å². The Morgan fingerprint density at radius 2 is 2.10 bits per heavy atom. The Morgan fingerprint density at radius 3 is 2.75 bits per heavy atom. The summed E-state index contributed by atoms with van der Waals surface area (Å²) in [5.74, 6) is 1.54. The number of hydrogen-bond donors (Lipinski definition) is 1. The van der Waals surface area contributed by atoms with Gasteiger partial charge in [-0.1, -0.05) is 19.9 Å². The van der Waals surface area contributed by atoms with Crippen LogP contribution in [0.5, 0.6) is 5.75 Å². The molecule has 1 saturated heterocycles. The first-order chi connectivity index (χ1) is 8.66. The summed E-state index contributed by atoms with van der Waals surface area (Å²) in [6, 6.07) is 8.99. The van der Waals surface area contributed by atoms with E-state index in [-0.39, 0.29) is 24.8 Å². The summed E-state index contributed by atoms with van der Waals surface area (Å²) in [6.07, 6.45) is 0. The number of nitrogens with zero attached hydrogens (tertiary/aromatic N) is 1. The first-order valence-electron chi connectivity index (χ1n) is 6.87. The van der Waals surface area contributed by atoms with E-state index in [9.17, 15) is 0 Å². The van der Waals surface area contributed by atoms with E-state index >= 15 is 0 Å². The van der Waals surface area contributed by atoms with E-state index in [0.29, 0.717) is 12.0 Å². The lowest BCUT2D eigenvalue weighted by Gasteiger charge is -2.36. The molecule has 0 aromatic heterocycles. The molecule has 0 radical (unpaired) electrons. The lowest BCUT2D eigenvalue weighted by atomic mass is 10.1. The van der Waals surface area contributed by atoms with Crippen molar-refractivity contribution in [1.82, 2.24) is 5.32 Å². The van der Waals surface area contributed by atoms with Gasteiger partial charge in [-0.15, -0.1) is 24.8 Å². The highest BCUT2D eigenvalue weighted by atomic mass is 35.5. The van der Waals surface area contributed by atoms with Gasteiger partial charge in [-0.2, -0.15) is 0 Å². The Bertz CT molecular complexity index is 388. The average molecular weight is 321 g/mol. The fraction of sp³-hybridized carbons (Fsp3) is 0.600. The molecule has 0 amide bonds. The van der Waals surface area contributed by atoms with Crippen LogP contribution in [-0.2, 0) is 0 Å². The highest BCUT2D eigenvalue weighted by Crippen LogP contribution is 2.23. The second kappa shape index (κ2) is 9.32. The number of anilines is 1. The zero-order chi connectivity index (χ0) is 13.0. The van der Waals surface area contributed by atoms with Crippen molar-refractivity contribution < 1.29 is 4.74 Å². The van der Waals surface area contributed by atoms with Gasteiger partial charge in [0.25, 0.3) is 0 Å². The van der Waals surface area contributed by atoms with E-state index in [1.54, 1.807) is 0 Å². The first-order valence-corrected chi connectivity index (χ1v) is 6.87. The van der Waals surface area contributed by atoms with Crippen LogP contribution in [0.15, 0.2) is 24.3 Å². The summed E-state index contributed by atoms with van der Waals surface area (Å²) in [4.78, 5) is 2.44. The number of piperazine rings is 1. The minimum absolute atomic E-state index is 0. The van der Waals surface area contributed by atoms with Gasteiger partial charge in [0.15, 0.2) is 0 Å². The maximum Gasteiger partial charge on any atom is 0.121 e. The molecule has 1 aromatic carbocycles. The predicted molar refractivity (Wildman–Crippen MR) is 90.9 cm³/mol. The molecule has 1 aromatic rings. The molecule has 0 spiro atoms. The van der Waals surface area contributed by atoms with Crippen molar-refractivity contribution >= 4 is 30.5 Å². The van der Waals surface area contributed by atoms with E-state index in [4.69, 9.17) is 4.74 Å². The standard InChI is InChI=1S/C15H24N2O.2ClH/c1-12(2)11-18-15-6-4-5-14(9-15)17-8-7-16-10-13(17)3;;/h4-6,9,12-13,16H,7-8,10-11H2,1-3H3;2*1H. The van der Waals surface area contributed by atoms with Gasteiger partial charge in [0, 0.05) is 37.4 Å². The van der Waals surface area contributed by atoms with Crippen molar-refractivity contribution in [2.75, 3.05) is 31.1 Å². The summed E-state index contributed by atoms with van der Waals surface area (Å²) >= 11 is 0. The molecule has 5 heteroatoms. The maximum atomic E-state index is 5.79. The van der Waals surface area contributed by atoms with Gasteiger partial charge in [0.1, 0.15) is 5.75 Å². The van der Waals surface area contributed by atoms with Gasteiger partial charge in [0.05, 0.1) is 6.61 Å². The number of hydrogen-bond acceptors (Lipinski definition) is 3. The number of nitrogens with one attached hydrogen (secondary N) is 1. The summed E-state index contributed by atoms with van der Waals surface area (Å²) in [5.41, 5.74) is 1.27. The Labute approximate surface area is 134 Å². The van der Waals surface area contributed by atoms with E-state index in [1.807, 2.05) is 6.07 Å². The van der Waals surface area contributed by atoms with Crippen molar-refractivity contribution in [3.05, 3.63) is 24.3 Å². The third-order valence-electron chi connectivity index (χ3n) is 3.23. The van der Waals surface area contributed by atoms with E-state index in [1.165, 1.54) is 5.69 Å². The molecule has 0 saturated carbocycles. The monoisotopic (exact) mass is 320 g/mol. The lowest BCUT2D eigenvalue weighted by Crippen LogP contribution is -2.49. The van der Waals surface area contributed by atoms with Crippen LogP contribution in [0, 0.1) is 5.92 Å². The molecular weight excluding hydrogens is 295 g/mol. The van der Waals surface area contributed by atoms with Crippen LogP contribution in [0.3, 0.4) is 0 Å². The molecule has 0 aliphatic carbocycles. The Kier molecular flexibility index (Phi) is 9.03. The van der Waals surface area contributed by atoms with Gasteiger partial charge in [0.2, 0.25) is 0 Å². The molecular formula is C15H26Cl2N2O. The van der Waals surface area contributed by atoms with Crippen LogP contribution in [-0.4, -0.2) is 32.3 Å². The highest BCUT2D eigenvalue weighted by Gasteiger charge is 2.18. The molecule has 20 heavy (non-hydrogen) atoms. The third-order valence-corrected chi connectivity index (χ3v) is 3.23. The lowest BCUT2D eigenvalue weighted by molar-refractivity contribution is 0.271. The van der Waals surface area contributed by atoms with Crippen LogP contribution < -0.4 is 15.0 Å². The molecule has 1 N–H and O–H groups in total. The van der Waals surface area contributed by atoms with Crippen LogP contribution >= 0.6 is 24.8 Å². The van der Waals surface area contributed by atoms with Crippen molar-refractivity contribution in [2.24, 2.45) is 5.92 Å². The van der Waals surface area contributed by atoms with Crippen molar-refractivity contribution in [2.45, 2.75) is 26.8 Å². The molecule has 0 bridgehead atoms. The number of ether oxygens (including phenoxy) is 1. The Morgan fingerprint density at radius 1 is 1.35 bits per heavy atom. The predicted octanol–water partition coefficient (Wildman–Crippen LogP) is 3.36. The normalized spacial score (nSPS) is 18.2. The maximum absolute atomic E-state index is 5.79. The molecule has 1 aliphatic rings. The second-order valence-electron chi connectivity index (χ2n) is 5.45. The average Bonchev–Trinajstić information content (AvgIpc) is 2.37. The van der Waals surface area contributed by atoms with Gasteiger partial charge in [-0.3, -0.25) is 0 Å². The molecule has 1 aliphatic heterocycles. The van der Waals surface area contributed by atoms with Crippen LogP contribution in [0.4, 0.5) is 5.69 Å². The minimum Gasteiger partial charge on any atom is -0.493 e. The van der Waals surface area contributed by atoms with Gasteiger partial charge in [-0.05, 0) is 25.0 Å². The molecule has 1 fully saturated rings. The number of benzene rings is 1. The van der Waals surface area contributed by atoms with Gasteiger partial charge in [-0.25, -0.2) is 0 Å². The molecule has 1 atom stereocenters. The SMILES string of the molecule is CC(C)COc1cccc(N2CCNCC2C)c1.Cl.Cl. The molecule has 1 heterocycles.